The third-order valence-corrected chi connectivity index (χ3v) is 3.14. The zero-order valence-electron chi connectivity index (χ0n) is 6.77. The molecule has 0 atom stereocenters. The van der Waals surface area contributed by atoms with Gasteiger partial charge in [0.2, 0.25) is 9.84 Å². The predicted molar refractivity (Wildman–Crippen MR) is 48.4 cm³/mol. The summed E-state index contributed by atoms with van der Waals surface area (Å²) in [5.74, 6) is 0. The number of rotatable bonds is 2. The predicted octanol–water partition coefficient (Wildman–Crippen LogP) is 1.50. The quantitative estimate of drug-likeness (QED) is 0.669. The van der Waals surface area contributed by atoms with Crippen molar-refractivity contribution in [1.29, 1.82) is 5.26 Å². The zero-order valence-corrected chi connectivity index (χ0v) is 7.58. The summed E-state index contributed by atoms with van der Waals surface area (Å²) in [5.41, 5.74) is 0. The Bertz CT molecular complexity index is 454. The Morgan fingerprint density at radius 1 is 1.31 bits per heavy atom. The molecule has 0 saturated carbocycles. The molecular formula is C9H7NO2S. The van der Waals surface area contributed by atoms with Crippen LogP contribution in [0.3, 0.4) is 0 Å². The molecule has 0 aliphatic carbocycles. The highest BCUT2D eigenvalue weighted by Gasteiger charge is 2.17. The molecule has 0 amide bonds. The van der Waals surface area contributed by atoms with E-state index in [0.717, 1.165) is 0 Å². The Labute approximate surface area is 76.9 Å². The van der Waals surface area contributed by atoms with E-state index < -0.39 is 14.7 Å². The summed E-state index contributed by atoms with van der Waals surface area (Å²) in [6.07, 6.45) is 0. The number of hydrogen-bond acceptors (Lipinski definition) is 3. The number of hydrogen-bond donors (Lipinski definition) is 0. The van der Waals surface area contributed by atoms with Crippen LogP contribution in [0.1, 0.15) is 0 Å². The third-order valence-electron chi connectivity index (χ3n) is 1.50. The minimum absolute atomic E-state index is 0.0987. The SMILES string of the molecule is C=C(C#N)S(=O)(=O)c1ccccc1. The summed E-state index contributed by atoms with van der Waals surface area (Å²) >= 11 is 0. The van der Waals surface area contributed by atoms with Gasteiger partial charge >= 0.3 is 0 Å². The van der Waals surface area contributed by atoms with Gasteiger partial charge in [-0.05, 0) is 12.1 Å². The molecule has 0 fully saturated rings. The monoisotopic (exact) mass is 193 g/mol. The maximum Gasteiger partial charge on any atom is 0.216 e. The molecule has 0 radical (unpaired) electrons. The first-order valence-corrected chi connectivity index (χ1v) is 4.96. The molecule has 0 heterocycles. The van der Waals surface area contributed by atoms with E-state index in [1.165, 1.54) is 18.2 Å². The van der Waals surface area contributed by atoms with Gasteiger partial charge in [0.25, 0.3) is 0 Å². The van der Waals surface area contributed by atoms with Crippen molar-refractivity contribution < 1.29 is 8.42 Å². The van der Waals surface area contributed by atoms with Crippen molar-refractivity contribution in [3.8, 4) is 6.07 Å². The summed E-state index contributed by atoms with van der Waals surface area (Å²) in [6, 6.07) is 9.27. The first-order chi connectivity index (χ1) is 6.09. The molecule has 1 rings (SSSR count). The van der Waals surface area contributed by atoms with Crippen molar-refractivity contribution in [2.45, 2.75) is 4.90 Å². The number of nitriles is 1. The van der Waals surface area contributed by atoms with Gasteiger partial charge in [-0.15, -0.1) is 0 Å². The molecular weight excluding hydrogens is 186 g/mol. The largest absolute Gasteiger partial charge is 0.218 e. The smallest absolute Gasteiger partial charge is 0.216 e. The van der Waals surface area contributed by atoms with Crippen LogP contribution in [0, 0.1) is 11.3 Å². The fourth-order valence-corrected chi connectivity index (χ4v) is 1.72. The van der Waals surface area contributed by atoms with Crippen molar-refractivity contribution in [3.63, 3.8) is 0 Å². The van der Waals surface area contributed by atoms with Crippen LogP contribution in [0.4, 0.5) is 0 Å². The maximum atomic E-state index is 11.4. The Morgan fingerprint density at radius 3 is 2.31 bits per heavy atom. The van der Waals surface area contributed by atoms with E-state index in [9.17, 15) is 8.42 Å². The van der Waals surface area contributed by atoms with Gasteiger partial charge < -0.3 is 0 Å². The highest BCUT2D eigenvalue weighted by atomic mass is 32.2. The lowest BCUT2D eigenvalue weighted by Crippen LogP contribution is -2.01. The normalized spacial score (nSPS) is 10.4. The lowest BCUT2D eigenvalue weighted by Gasteiger charge is -1.99. The van der Waals surface area contributed by atoms with E-state index in [4.69, 9.17) is 5.26 Å². The molecule has 0 aromatic heterocycles. The minimum Gasteiger partial charge on any atom is -0.218 e. The van der Waals surface area contributed by atoms with Crippen LogP contribution in [-0.2, 0) is 9.84 Å². The maximum absolute atomic E-state index is 11.4. The molecule has 1 aromatic carbocycles. The van der Waals surface area contributed by atoms with Gasteiger partial charge in [-0.2, -0.15) is 5.26 Å². The molecule has 0 saturated heterocycles. The van der Waals surface area contributed by atoms with Crippen LogP contribution in [0.5, 0.6) is 0 Å². The van der Waals surface area contributed by atoms with Crippen molar-refractivity contribution in [1.82, 2.24) is 0 Å². The lowest BCUT2D eigenvalue weighted by atomic mass is 10.4. The van der Waals surface area contributed by atoms with Crippen molar-refractivity contribution >= 4 is 9.84 Å². The second-order valence-electron chi connectivity index (χ2n) is 2.35. The van der Waals surface area contributed by atoms with Gasteiger partial charge in [0, 0.05) is 0 Å². The van der Waals surface area contributed by atoms with Crippen LogP contribution in [-0.4, -0.2) is 8.42 Å². The summed E-state index contributed by atoms with van der Waals surface area (Å²) in [6.45, 7) is 3.17. The summed E-state index contributed by atoms with van der Waals surface area (Å²) in [4.78, 5) is -0.333. The molecule has 0 unspecified atom stereocenters. The Balaban J connectivity index is 3.27. The molecule has 0 bridgehead atoms. The van der Waals surface area contributed by atoms with E-state index in [1.54, 1.807) is 18.2 Å². The van der Waals surface area contributed by atoms with Crippen molar-refractivity contribution in [2.24, 2.45) is 0 Å². The van der Waals surface area contributed by atoms with Gasteiger partial charge in [-0.1, -0.05) is 24.8 Å². The first kappa shape index (κ1) is 9.49. The highest BCUT2D eigenvalue weighted by Crippen LogP contribution is 2.15. The molecule has 4 heteroatoms. The van der Waals surface area contributed by atoms with E-state index in [-0.39, 0.29) is 4.90 Å². The van der Waals surface area contributed by atoms with Gasteiger partial charge in [0.15, 0.2) is 0 Å². The fraction of sp³-hybridized carbons (Fsp3) is 0. The topological polar surface area (TPSA) is 57.9 Å². The van der Waals surface area contributed by atoms with Crippen LogP contribution in [0.2, 0.25) is 0 Å². The molecule has 3 nitrogen and oxygen atoms in total. The average Bonchev–Trinajstić information content (AvgIpc) is 2.18. The molecule has 0 N–H and O–H groups in total. The van der Waals surface area contributed by atoms with Crippen LogP contribution in [0.15, 0.2) is 46.7 Å². The number of sulfone groups is 1. The zero-order chi connectivity index (χ0) is 9.90. The van der Waals surface area contributed by atoms with Gasteiger partial charge in [-0.25, -0.2) is 8.42 Å². The molecule has 13 heavy (non-hydrogen) atoms. The van der Waals surface area contributed by atoms with Crippen LogP contribution >= 0.6 is 0 Å². The van der Waals surface area contributed by atoms with Gasteiger partial charge in [0.1, 0.15) is 11.0 Å². The molecule has 0 spiro atoms. The Kier molecular flexibility index (Phi) is 2.49. The van der Waals surface area contributed by atoms with Crippen LogP contribution < -0.4 is 0 Å². The second-order valence-corrected chi connectivity index (χ2v) is 4.32. The molecule has 66 valence electrons. The lowest BCUT2D eigenvalue weighted by molar-refractivity contribution is 0.603. The summed E-state index contributed by atoms with van der Waals surface area (Å²) in [5, 5.41) is 8.40. The van der Waals surface area contributed by atoms with E-state index >= 15 is 0 Å². The first-order valence-electron chi connectivity index (χ1n) is 3.48. The van der Waals surface area contributed by atoms with Gasteiger partial charge in [0.05, 0.1) is 4.90 Å². The number of benzene rings is 1. The number of nitrogens with zero attached hydrogens (tertiary/aromatic N) is 1. The van der Waals surface area contributed by atoms with Gasteiger partial charge in [-0.3, -0.25) is 0 Å². The third kappa shape index (κ3) is 1.76. The fourth-order valence-electron chi connectivity index (χ4n) is 0.802. The average molecular weight is 193 g/mol. The Morgan fingerprint density at radius 2 is 1.85 bits per heavy atom. The highest BCUT2D eigenvalue weighted by molar-refractivity contribution is 7.95. The summed E-state index contributed by atoms with van der Waals surface area (Å²) < 4.78 is 22.9. The number of allylic oxidation sites excluding steroid dienone is 1. The summed E-state index contributed by atoms with van der Waals surface area (Å²) in [7, 11) is -3.64. The molecule has 0 aliphatic heterocycles. The second kappa shape index (κ2) is 3.42. The molecule has 1 aromatic rings. The van der Waals surface area contributed by atoms with Crippen molar-refractivity contribution in [2.75, 3.05) is 0 Å². The minimum atomic E-state index is -3.64. The van der Waals surface area contributed by atoms with E-state index in [2.05, 4.69) is 6.58 Å². The Hall–Kier alpha value is -1.60. The van der Waals surface area contributed by atoms with E-state index in [1.807, 2.05) is 0 Å². The van der Waals surface area contributed by atoms with Crippen molar-refractivity contribution in [3.05, 3.63) is 41.8 Å². The van der Waals surface area contributed by atoms with E-state index in [0.29, 0.717) is 0 Å². The van der Waals surface area contributed by atoms with Crippen LogP contribution in [0.25, 0.3) is 0 Å². The standard InChI is InChI=1S/C9H7NO2S/c1-8(7-10)13(11,12)9-5-3-2-4-6-9/h2-6H,1H2. The molecule has 0 aliphatic rings.